The van der Waals surface area contributed by atoms with E-state index in [9.17, 15) is 0 Å². The topological polar surface area (TPSA) is 9.23 Å². The fraction of sp³-hybridized carbons (Fsp3) is 1.00. The average Bonchev–Trinajstić information content (AvgIpc) is 2.42. The van der Waals surface area contributed by atoms with Crippen molar-refractivity contribution >= 4 is 19.6 Å². The summed E-state index contributed by atoms with van der Waals surface area (Å²) in [5, 5.41) is 0.773. The lowest BCUT2D eigenvalue weighted by Gasteiger charge is -2.29. The molecule has 0 aromatic rings. The number of hydrogen-bond acceptors (Lipinski definition) is 2. The zero-order chi connectivity index (χ0) is 8.06. The minimum absolute atomic E-state index is 0.245. The van der Waals surface area contributed by atoms with E-state index < -0.39 is 0 Å². The third-order valence-electron chi connectivity index (χ3n) is 3.32. The largest absolute Gasteiger partial charge is 0.378 e. The minimum atomic E-state index is 0.245. The quantitative estimate of drug-likeness (QED) is 0.540. The molecule has 1 unspecified atom stereocenters. The molecule has 2 bridgehead atoms. The first-order valence-corrected chi connectivity index (χ1v) is 5.54. The van der Waals surface area contributed by atoms with Crippen LogP contribution < -0.4 is 0 Å². The molecule has 11 heavy (non-hydrogen) atoms. The summed E-state index contributed by atoms with van der Waals surface area (Å²) in [4.78, 5) is 0. The Hall–Kier alpha value is 0.375. The highest BCUT2D eigenvalue weighted by Crippen LogP contribution is 2.52. The number of ether oxygens (including phenoxy) is 1. The monoisotopic (exact) mass is 170 g/mol. The van der Waals surface area contributed by atoms with E-state index in [2.05, 4.69) is 33.5 Å². The summed E-state index contributed by atoms with van der Waals surface area (Å²) in [6, 6.07) is 0.490. The van der Waals surface area contributed by atoms with Crippen molar-refractivity contribution in [2.45, 2.75) is 37.1 Å². The number of fused-ring (bicyclic) bond motifs is 2. The first kappa shape index (κ1) is 8.00. The lowest BCUT2D eigenvalue weighted by molar-refractivity contribution is -0.0154. The molecule has 3 heteroatoms. The zero-order valence-electron chi connectivity index (χ0n) is 7.46. The van der Waals surface area contributed by atoms with Gasteiger partial charge in [0.25, 0.3) is 0 Å². The molecule has 0 aliphatic carbocycles. The number of rotatable bonds is 1. The van der Waals surface area contributed by atoms with Gasteiger partial charge in [0, 0.05) is 17.0 Å². The van der Waals surface area contributed by atoms with Gasteiger partial charge in [0.15, 0.2) is 0 Å². The molecule has 62 valence electrons. The van der Waals surface area contributed by atoms with Gasteiger partial charge in [0.2, 0.25) is 0 Å². The SMILES string of the molecule is B[C@@H]1O[C@]2(CC)CS[C@@H]1C2C. The van der Waals surface area contributed by atoms with Crippen LogP contribution in [0.3, 0.4) is 0 Å². The lowest BCUT2D eigenvalue weighted by Crippen LogP contribution is -2.35. The van der Waals surface area contributed by atoms with Gasteiger partial charge in [-0.2, -0.15) is 11.8 Å². The molecule has 0 aromatic carbocycles. The predicted octanol–water partition coefficient (Wildman–Crippen LogP) is 0.876. The Kier molecular flexibility index (Phi) is 1.77. The highest BCUT2D eigenvalue weighted by Gasteiger charge is 2.55. The summed E-state index contributed by atoms with van der Waals surface area (Å²) < 4.78 is 5.99. The summed E-state index contributed by atoms with van der Waals surface area (Å²) in [5.74, 6) is 1.99. The van der Waals surface area contributed by atoms with E-state index in [1.54, 1.807) is 0 Å². The molecule has 2 heterocycles. The van der Waals surface area contributed by atoms with Crippen molar-refractivity contribution in [1.82, 2.24) is 0 Å². The molecule has 4 atom stereocenters. The van der Waals surface area contributed by atoms with E-state index in [0.29, 0.717) is 6.00 Å². The van der Waals surface area contributed by atoms with Crippen LogP contribution in [0.25, 0.3) is 0 Å². The van der Waals surface area contributed by atoms with Gasteiger partial charge < -0.3 is 4.74 Å². The second kappa shape index (κ2) is 2.43. The summed E-state index contributed by atoms with van der Waals surface area (Å²) in [5.41, 5.74) is 0.245. The molecular formula is C8H15BOS. The van der Waals surface area contributed by atoms with Crippen molar-refractivity contribution in [3.8, 4) is 0 Å². The molecule has 0 amide bonds. The van der Waals surface area contributed by atoms with Crippen LogP contribution in [0.2, 0.25) is 0 Å². The van der Waals surface area contributed by atoms with Crippen LogP contribution in [0.1, 0.15) is 20.3 Å². The molecule has 0 aromatic heterocycles. The second-order valence-corrected chi connectivity index (χ2v) is 4.97. The molecule has 2 aliphatic rings. The first-order chi connectivity index (χ1) is 5.19. The van der Waals surface area contributed by atoms with Gasteiger partial charge in [-0.25, -0.2) is 0 Å². The maximum absolute atomic E-state index is 5.99. The molecule has 0 radical (unpaired) electrons. The maximum atomic E-state index is 5.99. The highest BCUT2D eigenvalue weighted by molar-refractivity contribution is 8.00. The van der Waals surface area contributed by atoms with Crippen molar-refractivity contribution in [2.75, 3.05) is 5.75 Å². The second-order valence-electron chi connectivity index (χ2n) is 3.81. The van der Waals surface area contributed by atoms with Crippen molar-refractivity contribution in [3.63, 3.8) is 0 Å². The molecule has 0 N–H and O–H groups in total. The fourth-order valence-corrected chi connectivity index (χ4v) is 4.31. The molecule has 2 fully saturated rings. The minimum Gasteiger partial charge on any atom is -0.378 e. The molecular weight excluding hydrogens is 155 g/mol. The third kappa shape index (κ3) is 0.904. The Morgan fingerprint density at radius 2 is 2.45 bits per heavy atom. The van der Waals surface area contributed by atoms with Gasteiger partial charge in [-0.1, -0.05) is 13.8 Å². The van der Waals surface area contributed by atoms with E-state index in [0.717, 1.165) is 11.2 Å². The van der Waals surface area contributed by atoms with Crippen LogP contribution in [-0.2, 0) is 4.74 Å². The maximum Gasteiger partial charge on any atom is 0.140 e. The van der Waals surface area contributed by atoms with Crippen LogP contribution >= 0.6 is 11.8 Å². The zero-order valence-corrected chi connectivity index (χ0v) is 8.28. The molecule has 2 aliphatic heterocycles. The normalized spacial score (nSPS) is 55.3. The van der Waals surface area contributed by atoms with Gasteiger partial charge in [-0.3, -0.25) is 0 Å². The van der Waals surface area contributed by atoms with E-state index in [-0.39, 0.29) is 5.60 Å². The van der Waals surface area contributed by atoms with Gasteiger partial charge in [-0.05, 0) is 12.3 Å². The Bertz CT molecular complexity index is 175. The van der Waals surface area contributed by atoms with Crippen LogP contribution in [0.15, 0.2) is 0 Å². The van der Waals surface area contributed by atoms with Gasteiger partial charge >= 0.3 is 0 Å². The van der Waals surface area contributed by atoms with Gasteiger partial charge in [0.1, 0.15) is 7.85 Å². The van der Waals surface area contributed by atoms with Crippen LogP contribution in [0.4, 0.5) is 0 Å². The van der Waals surface area contributed by atoms with Gasteiger partial charge in [-0.15, -0.1) is 0 Å². The van der Waals surface area contributed by atoms with E-state index in [4.69, 9.17) is 4.74 Å². The van der Waals surface area contributed by atoms with Crippen molar-refractivity contribution in [3.05, 3.63) is 0 Å². The van der Waals surface area contributed by atoms with Crippen molar-refractivity contribution < 1.29 is 4.74 Å². The smallest absolute Gasteiger partial charge is 0.140 e. The third-order valence-corrected chi connectivity index (χ3v) is 5.16. The fourth-order valence-electron chi connectivity index (χ4n) is 2.44. The molecule has 2 saturated heterocycles. The Balaban J connectivity index is 2.24. The average molecular weight is 170 g/mol. The van der Waals surface area contributed by atoms with Crippen molar-refractivity contribution in [1.29, 1.82) is 0 Å². The molecule has 2 rings (SSSR count). The van der Waals surface area contributed by atoms with Crippen LogP contribution in [-0.4, -0.2) is 30.5 Å². The number of thioether (sulfide) groups is 1. The summed E-state index contributed by atoms with van der Waals surface area (Å²) in [6.07, 6.45) is 1.18. The predicted molar refractivity (Wildman–Crippen MR) is 51.8 cm³/mol. The van der Waals surface area contributed by atoms with Crippen LogP contribution in [0.5, 0.6) is 0 Å². The van der Waals surface area contributed by atoms with Gasteiger partial charge in [0.05, 0.1) is 5.60 Å². The standard InChI is InChI=1S/C8H15BOS/c1-3-8-4-11-6(5(8)2)7(9)10-8/h5-7H,3-4,9H2,1-2H3/t5?,6-,7-,8-/m1/s1. The van der Waals surface area contributed by atoms with E-state index >= 15 is 0 Å². The molecule has 0 spiro atoms. The molecule has 1 nitrogen and oxygen atoms in total. The first-order valence-electron chi connectivity index (χ1n) is 4.49. The Morgan fingerprint density at radius 1 is 1.73 bits per heavy atom. The molecule has 0 saturated carbocycles. The lowest BCUT2D eigenvalue weighted by atomic mass is 9.85. The summed E-state index contributed by atoms with van der Waals surface area (Å²) in [7, 11) is 2.21. The van der Waals surface area contributed by atoms with E-state index in [1.807, 2.05) is 0 Å². The van der Waals surface area contributed by atoms with Crippen molar-refractivity contribution in [2.24, 2.45) is 5.92 Å². The number of hydrogen-bond donors (Lipinski definition) is 0. The van der Waals surface area contributed by atoms with E-state index in [1.165, 1.54) is 12.2 Å². The highest BCUT2D eigenvalue weighted by atomic mass is 32.2. The Labute approximate surface area is 73.7 Å². The van der Waals surface area contributed by atoms with Crippen LogP contribution in [0, 0.1) is 5.92 Å². The Morgan fingerprint density at radius 3 is 2.73 bits per heavy atom. The summed E-state index contributed by atoms with van der Waals surface area (Å²) in [6.45, 7) is 4.59. The summed E-state index contributed by atoms with van der Waals surface area (Å²) >= 11 is 2.11.